The summed E-state index contributed by atoms with van der Waals surface area (Å²) in [5, 5.41) is 3.10. The van der Waals surface area contributed by atoms with Crippen molar-refractivity contribution in [2.24, 2.45) is 11.8 Å². The molecule has 1 saturated heterocycles. The second-order valence-corrected chi connectivity index (χ2v) is 6.84. The molecular weight excluding hydrogens is 316 g/mol. The molecular formula is C20H26N2O3. The van der Waals surface area contributed by atoms with E-state index in [1.807, 2.05) is 18.2 Å². The predicted octanol–water partition coefficient (Wildman–Crippen LogP) is 3.37. The molecule has 0 spiro atoms. The van der Waals surface area contributed by atoms with Gasteiger partial charge in [-0.25, -0.2) is 4.79 Å². The quantitative estimate of drug-likeness (QED) is 0.854. The van der Waals surface area contributed by atoms with Crippen LogP contribution in [-0.2, 0) is 4.79 Å². The Hall–Kier alpha value is -2.30. The molecule has 1 aliphatic carbocycles. The second-order valence-electron chi connectivity index (χ2n) is 6.84. The number of carbonyl (C=O) groups is 2. The number of allylic oxidation sites excluding steroid dienone is 2. The highest BCUT2D eigenvalue weighted by molar-refractivity contribution is 5.79. The number of hydrogen-bond donors (Lipinski definition) is 1. The Morgan fingerprint density at radius 1 is 1.08 bits per heavy atom. The molecule has 0 saturated carbocycles. The minimum absolute atomic E-state index is 0.130. The number of nitrogens with zero attached hydrogens (tertiary/aromatic N) is 1. The summed E-state index contributed by atoms with van der Waals surface area (Å²) < 4.78 is 5.38. The summed E-state index contributed by atoms with van der Waals surface area (Å²) in [7, 11) is 0. The van der Waals surface area contributed by atoms with Crippen LogP contribution in [0.1, 0.15) is 32.1 Å². The number of hydrogen-bond acceptors (Lipinski definition) is 3. The summed E-state index contributed by atoms with van der Waals surface area (Å²) in [6.45, 7) is 2.07. The van der Waals surface area contributed by atoms with E-state index in [4.69, 9.17) is 4.74 Å². The highest BCUT2D eigenvalue weighted by Crippen LogP contribution is 2.20. The second kappa shape index (κ2) is 8.70. The lowest BCUT2D eigenvalue weighted by Crippen LogP contribution is -2.43. The third-order valence-electron chi connectivity index (χ3n) is 5.03. The molecule has 2 amide bonds. The zero-order valence-electron chi connectivity index (χ0n) is 14.5. The number of nitrogens with one attached hydrogen (secondary N) is 1. The summed E-state index contributed by atoms with van der Waals surface area (Å²) in [5.41, 5.74) is 0. The molecule has 1 atom stereocenters. The van der Waals surface area contributed by atoms with Gasteiger partial charge in [-0.05, 0) is 50.2 Å². The van der Waals surface area contributed by atoms with Crippen molar-refractivity contribution in [2.75, 3.05) is 19.6 Å². The molecule has 1 aromatic carbocycles. The number of para-hydroxylation sites is 1. The fraction of sp³-hybridized carbons (Fsp3) is 0.500. The van der Waals surface area contributed by atoms with Gasteiger partial charge >= 0.3 is 6.09 Å². The van der Waals surface area contributed by atoms with Crippen molar-refractivity contribution < 1.29 is 14.3 Å². The number of benzene rings is 1. The number of likely N-dealkylation sites (tertiary alicyclic amines) is 1. The molecule has 3 rings (SSSR count). The van der Waals surface area contributed by atoms with E-state index in [1.165, 1.54) is 0 Å². The van der Waals surface area contributed by atoms with Crippen LogP contribution in [0.25, 0.3) is 0 Å². The maximum absolute atomic E-state index is 12.2. The normalized spacial score (nSPS) is 21.0. The van der Waals surface area contributed by atoms with Gasteiger partial charge in [0.15, 0.2) is 0 Å². The van der Waals surface area contributed by atoms with E-state index in [1.54, 1.807) is 17.0 Å². The van der Waals surface area contributed by atoms with Crippen LogP contribution in [0.2, 0.25) is 0 Å². The van der Waals surface area contributed by atoms with Gasteiger partial charge in [0.05, 0.1) is 0 Å². The van der Waals surface area contributed by atoms with Crippen LogP contribution in [0.4, 0.5) is 4.79 Å². The average molecular weight is 342 g/mol. The molecule has 1 fully saturated rings. The fourth-order valence-electron chi connectivity index (χ4n) is 3.39. The number of carbonyl (C=O) groups excluding carboxylic acids is 2. The Kier molecular flexibility index (Phi) is 6.09. The van der Waals surface area contributed by atoms with Gasteiger partial charge in [-0.3, -0.25) is 4.79 Å². The lowest BCUT2D eigenvalue weighted by molar-refractivity contribution is -0.125. The number of piperidine rings is 1. The molecule has 0 radical (unpaired) electrons. The van der Waals surface area contributed by atoms with Crippen LogP contribution in [-0.4, -0.2) is 36.5 Å². The van der Waals surface area contributed by atoms with Gasteiger partial charge in [0.1, 0.15) is 5.75 Å². The smallest absolute Gasteiger partial charge is 0.410 e. The summed E-state index contributed by atoms with van der Waals surface area (Å²) in [6, 6.07) is 9.14. The van der Waals surface area contributed by atoms with Crippen molar-refractivity contribution in [1.29, 1.82) is 0 Å². The molecule has 0 bridgehead atoms. The van der Waals surface area contributed by atoms with Gasteiger partial charge in [0, 0.05) is 25.6 Å². The van der Waals surface area contributed by atoms with E-state index in [-0.39, 0.29) is 17.9 Å². The van der Waals surface area contributed by atoms with E-state index >= 15 is 0 Å². The van der Waals surface area contributed by atoms with E-state index in [0.717, 1.165) is 32.1 Å². The molecule has 1 aromatic rings. The van der Waals surface area contributed by atoms with Gasteiger partial charge in [0.25, 0.3) is 0 Å². The standard InChI is InChI=1S/C20H26N2O3/c23-19(17-7-3-1-4-8-17)21-15-16-11-13-22(14-12-16)20(24)25-18-9-5-2-6-10-18/h1-3,5-6,9-10,16-17H,4,7-8,11-15H2,(H,21,23)/t17-/m0/s1. The SMILES string of the molecule is O=C(NCC1CCN(C(=O)Oc2ccccc2)CC1)[C@H]1CC=CCC1. The third-order valence-corrected chi connectivity index (χ3v) is 5.03. The first kappa shape index (κ1) is 17.5. The summed E-state index contributed by atoms with van der Waals surface area (Å²) >= 11 is 0. The largest absolute Gasteiger partial charge is 0.415 e. The first-order chi connectivity index (χ1) is 12.2. The summed E-state index contributed by atoms with van der Waals surface area (Å²) in [6.07, 6.45) is 8.56. The zero-order chi connectivity index (χ0) is 17.5. The van der Waals surface area contributed by atoms with E-state index in [9.17, 15) is 9.59 Å². The Bertz CT molecular complexity index is 607. The molecule has 0 aromatic heterocycles. The molecule has 0 unspecified atom stereocenters. The maximum Gasteiger partial charge on any atom is 0.415 e. The first-order valence-corrected chi connectivity index (χ1v) is 9.17. The van der Waals surface area contributed by atoms with Crippen LogP contribution in [0.5, 0.6) is 5.75 Å². The van der Waals surface area contributed by atoms with Gasteiger partial charge < -0.3 is 15.0 Å². The van der Waals surface area contributed by atoms with Crippen molar-refractivity contribution in [1.82, 2.24) is 10.2 Å². The van der Waals surface area contributed by atoms with Crippen LogP contribution in [0, 0.1) is 11.8 Å². The highest BCUT2D eigenvalue weighted by Gasteiger charge is 2.25. The van der Waals surface area contributed by atoms with Crippen molar-refractivity contribution >= 4 is 12.0 Å². The Balaban J connectivity index is 1.37. The summed E-state index contributed by atoms with van der Waals surface area (Å²) in [5.74, 6) is 1.31. The minimum atomic E-state index is -0.289. The maximum atomic E-state index is 12.2. The number of ether oxygens (including phenoxy) is 1. The topological polar surface area (TPSA) is 58.6 Å². The Morgan fingerprint density at radius 3 is 2.52 bits per heavy atom. The van der Waals surface area contributed by atoms with Crippen LogP contribution in [0.3, 0.4) is 0 Å². The first-order valence-electron chi connectivity index (χ1n) is 9.17. The van der Waals surface area contributed by atoms with Crippen molar-refractivity contribution in [3.05, 3.63) is 42.5 Å². The van der Waals surface area contributed by atoms with Gasteiger partial charge in [-0.15, -0.1) is 0 Å². The van der Waals surface area contributed by atoms with Gasteiger partial charge in [-0.1, -0.05) is 30.4 Å². The van der Waals surface area contributed by atoms with E-state index in [0.29, 0.717) is 31.3 Å². The third kappa shape index (κ3) is 5.08. The van der Waals surface area contributed by atoms with Gasteiger partial charge in [0.2, 0.25) is 5.91 Å². The highest BCUT2D eigenvalue weighted by atomic mass is 16.6. The molecule has 25 heavy (non-hydrogen) atoms. The summed E-state index contributed by atoms with van der Waals surface area (Å²) in [4.78, 5) is 26.1. The molecule has 1 aliphatic heterocycles. The Morgan fingerprint density at radius 2 is 1.84 bits per heavy atom. The van der Waals surface area contributed by atoms with Crippen LogP contribution < -0.4 is 10.1 Å². The molecule has 5 heteroatoms. The monoisotopic (exact) mass is 342 g/mol. The van der Waals surface area contributed by atoms with Crippen LogP contribution >= 0.6 is 0 Å². The van der Waals surface area contributed by atoms with E-state index < -0.39 is 0 Å². The Labute approximate surface area is 149 Å². The van der Waals surface area contributed by atoms with Crippen molar-refractivity contribution in [3.63, 3.8) is 0 Å². The van der Waals surface area contributed by atoms with Crippen molar-refractivity contribution in [3.8, 4) is 5.75 Å². The molecule has 5 nitrogen and oxygen atoms in total. The lowest BCUT2D eigenvalue weighted by Gasteiger charge is -2.31. The lowest BCUT2D eigenvalue weighted by atomic mass is 9.92. The fourth-order valence-corrected chi connectivity index (χ4v) is 3.39. The predicted molar refractivity (Wildman–Crippen MR) is 96.3 cm³/mol. The molecule has 2 aliphatic rings. The van der Waals surface area contributed by atoms with Crippen LogP contribution in [0.15, 0.2) is 42.5 Å². The van der Waals surface area contributed by atoms with E-state index in [2.05, 4.69) is 17.5 Å². The van der Waals surface area contributed by atoms with Crippen molar-refractivity contribution in [2.45, 2.75) is 32.1 Å². The number of rotatable bonds is 4. The number of amides is 2. The molecule has 1 N–H and O–H groups in total. The minimum Gasteiger partial charge on any atom is -0.410 e. The average Bonchev–Trinajstić information content (AvgIpc) is 2.68. The van der Waals surface area contributed by atoms with Gasteiger partial charge in [-0.2, -0.15) is 0 Å². The molecule has 1 heterocycles. The molecule has 134 valence electrons. The zero-order valence-corrected chi connectivity index (χ0v) is 14.5.